The van der Waals surface area contributed by atoms with Crippen molar-refractivity contribution in [3.05, 3.63) is 0 Å². The van der Waals surface area contributed by atoms with Crippen LogP contribution in [-0.2, 0) is 14.5 Å². The Morgan fingerprint density at radius 2 is 1.50 bits per heavy atom. The number of alkyl halides is 5. The Labute approximate surface area is 99.1 Å². The maximum atomic E-state index is 13.8. The molecule has 0 bridgehead atoms. The maximum absolute atomic E-state index is 13.8. The first-order valence-electron chi connectivity index (χ1n) is 4.92. The molecule has 0 radical (unpaired) electrons. The highest BCUT2D eigenvalue weighted by atomic mass is 32.2. The number of hydrogen-bond acceptors (Lipinski definition) is 3. The predicted octanol–water partition coefficient (Wildman–Crippen LogP) is 3.12. The SMILES string of the molecule is O=S(=O)(OF)C(F)(F)CC1(F)CCC(F)(F)CC1. The van der Waals surface area contributed by atoms with Gasteiger partial charge in [0.25, 0.3) is 0 Å². The van der Waals surface area contributed by atoms with Crippen LogP contribution < -0.4 is 0 Å². The van der Waals surface area contributed by atoms with Gasteiger partial charge >= 0.3 is 15.4 Å². The van der Waals surface area contributed by atoms with Crippen molar-refractivity contribution in [3.63, 3.8) is 0 Å². The molecule has 10 heteroatoms. The van der Waals surface area contributed by atoms with E-state index in [0.29, 0.717) is 0 Å². The van der Waals surface area contributed by atoms with Crippen molar-refractivity contribution in [2.75, 3.05) is 0 Å². The van der Waals surface area contributed by atoms with Crippen LogP contribution in [-0.4, -0.2) is 25.3 Å². The van der Waals surface area contributed by atoms with Gasteiger partial charge in [-0.1, -0.05) is 4.39 Å². The molecule has 1 fully saturated rings. The second-order valence-corrected chi connectivity index (χ2v) is 5.97. The van der Waals surface area contributed by atoms with Crippen molar-refractivity contribution in [3.8, 4) is 0 Å². The average Bonchev–Trinajstić information content (AvgIpc) is 2.22. The third kappa shape index (κ3) is 3.28. The molecule has 0 aromatic heterocycles. The van der Waals surface area contributed by atoms with E-state index < -0.39 is 59.1 Å². The maximum Gasteiger partial charge on any atom is 0.375 e. The third-order valence-corrected chi connectivity index (χ3v) is 3.89. The molecule has 0 aliphatic heterocycles. The molecule has 18 heavy (non-hydrogen) atoms. The average molecular weight is 300 g/mol. The molecule has 0 atom stereocenters. The van der Waals surface area contributed by atoms with E-state index in [4.69, 9.17) is 0 Å². The number of rotatable bonds is 4. The van der Waals surface area contributed by atoms with Gasteiger partial charge in [0.1, 0.15) is 5.67 Å². The zero-order valence-electron chi connectivity index (χ0n) is 8.94. The van der Waals surface area contributed by atoms with E-state index in [0.717, 1.165) is 0 Å². The largest absolute Gasteiger partial charge is 0.375 e. The summed E-state index contributed by atoms with van der Waals surface area (Å²) >= 11 is 0. The molecule has 3 nitrogen and oxygen atoms in total. The Balaban J connectivity index is 2.79. The Bertz CT molecular complexity index is 397. The second-order valence-electron chi connectivity index (χ2n) is 4.34. The molecular formula is C8H10F6O3S. The summed E-state index contributed by atoms with van der Waals surface area (Å²) in [7, 11) is -5.89. The monoisotopic (exact) mass is 300 g/mol. The van der Waals surface area contributed by atoms with E-state index in [1.54, 1.807) is 0 Å². The minimum absolute atomic E-state index is 0.919. The van der Waals surface area contributed by atoms with E-state index in [9.17, 15) is 34.9 Å². The van der Waals surface area contributed by atoms with Gasteiger partial charge in [0.05, 0.1) is 6.42 Å². The highest BCUT2D eigenvalue weighted by Crippen LogP contribution is 2.46. The Kier molecular flexibility index (Phi) is 3.93. The van der Waals surface area contributed by atoms with Crippen LogP contribution in [0.4, 0.5) is 26.5 Å². The van der Waals surface area contributed by atoms with Gasteiger partial charge < -0.3 is 0 Å². The van der Waals surface area contributed by atoms with Crippen LogP contribution >= 0.6 is 0 Å². The van der Waals surface area contributed by atoms with E-state index in [2.05, 4.69) is 4.39 Å². The zero-order chi connectivity index (χ0) is 14.2. The first-order chi connectivity index (χ1) is 7.93. The zero-order valence-corrected chi connectivity index (χ0v) is 9.75. The number of halogens is 6. The Morgan fingerprint density at radius 3 is 1.89 bits per heavy atom. The van der Waals surface area contributed by atoms with Crippen molar-refractivity contribution in [2.45, 2.75) is 48.9 Å². The minimum atomic E-state index is -5.89. The highest BCUT2D eigenvalue weighted by Gasteiger charge is 2.56. The van der Waals surface area contributed by atoms with E-state index in [1.165, 1.54) is 0 Å². The van der Waals surface area contributed by atoms with Crippen LogP contribution in [0.5, 0.6) is 0 Å². The standard InChI is InChI=1S/C8H10F6O3S/c9-6(1-3-7(10,11)4-2-6)5-8(12,13)18(15,16)17-14/h1-5H2. The molecule has 0 saturated heterocycles. The van der Waals surface area contributed by atoms with Gasteiger partial charge in [0.15, 0.2) is 0 Å². The molecule has 0 amide bonds. The fourth-order valence-electron chi connectivity index (χ4n) is 1.74. The van der Waals surface area contributed by atoms with E-state index >= 15 is 0 Å². The molecule has 1 rings (SSSR count). The van der Waals surface area contributed by atoms with Gasteiger partial charge in [-0.05, 0) is 17.4 Å². The summed E-state index contributed by atoms with van der Waals surface area (Å²) in [5.41, 5.74) is -2.78. The quantitative estimate of drug-likeness (QED) is 0.749. The molecular weight excluding hydrogens is 290 g/mol. The van der Waals surface area contributed by atoms with Crippen LogP contribution in [0.3, 0.4) is 0 Å². The van der Waals surface area contributed by atoms with Crippen molar-refractivity contribution in [1.82, 2.24) is 0 Å². The van der Waals surface area contributed by atoms with Crippen LogP contribution in [0.1, 0.15) is 32.1 Å². The summed E-state index contributed by atoms with van der Waals surface area (Å²) in [6.45, 7) is 0. The molecule has 0 spiro atoms. The second kappa shape index (κ2) is 4.55. The van der Waals surface area contributed by atoms with Gasteiger partial charge in [-0.2, -0.15) is 17.2 Å². The molecule has 0 N–H and O–H groups in total. The Hall–Kier alpha value is -0.510. The molecule has 0 aromatic carbocycles. The van der Waals surface area contributed by atoms with Gasteiger partial charge in [-0.15, -0.1) is 0 Å². The molecule has 1 saturated carbocycles. The minimum Gasteiger partial charge on any atom is -0.244 e. The van der Waals surface area contributed by atoms with Gasteiger partial charge in [-0.3, -0.25) is 0 Å². The molecule has 0 unspecified atom stereocenters. The lowest BCUT2D eigenvalue weighted by Gasteiger charge is -2.35. The third-order valence-electron chi connectivity index (χ3n) is 2.85. The predicted molar refractivity (Wildman–Crippen MR) is 47.9 cm³/mol. The van der Waals surface area contributed by atoms with Gasteiger partial charge in [0, 0.05) is 12.8 Å². The van der Waals surface area contributed by atoms with Crippen LogP contribution in [0.25, 0.3) is 0 Å². The van der Waals surface area contributed by atoms with Crippen LogP contribution in [0, 0.1) is 0 Å². The normalized spacial score (nSPS) is 23.9. The smallest absolute Gasteiger partial charge is 0.244 e. The van der Waals surface area contributed by atoms with Crippen molar-refractivity contribution >= 4 is 10.1 Å². The fourth-order valence-corrected chi connectivity index (χ4v) is 2.27. The topological polar surface area (TPSA) is 43.4 Å². The molecule has 108 valence electrons. The van der Waals surface area contributed by atoms with E-state index in [1.807, 2.05) is 0 Å². The molecule has 0 aromatic rings. The summed E-state index contributed by atoms with van der Waals surface area (Å²) < 4.78 is 100.0. The lowest BCUT2D eigenvalue weighted by atomic mass is 9.82. The van der Waals surface area contributed by atoms with Crippen molar-refractivity contribution in [1.29, 1.82) is 0 Å². The summed E-state index contributed by atoms with van der Waals surface area (Å²) in [6, 6.07) is 0. The lowest BCUT2D eigenvalue weighted by Crippen LogP contribution is -2.42. The molecule has 0 heterocycles. The van der Waals surface area contributed by atoms with Crippen molar-refractivity contribution in [2.24, 2.45) is 0 Å². The fraction of sp³-hybridized carbons (Fsp3) is 1.00. The lowest BCUT2D eigenvalue weighted by molar-refractivity contribution is -0.1000. The first kappa shape index (κ1) is 15.5. The number of hydrogen-bond donors (Lipinski definition) is 0. The Morgan fingerprint density at radius 1 is 1.06 bits per heavy atom. The van der Waals surface area contributed by atoms with Gasteiger partial charge in [-0.25, -0.2) is 13.2 Å². The first-order valence-corrected chi connectivity index (χ1v) is 6.33. The summed E-state index contributed by atoms with van der Waals surface area (Å²) in [5.74, 6) is -3.15. The molecule has 1 aliphatic rings. The molecule has 1 aliphatic carbocycles. The summed E-state index contributed by atoms with van der Waals surface area (Å²) in [5, 5.41) is -4.80. The summed E-state index contributed by atoms with van der Waals surface area (Å²) in [4.78, 5) is 0. The van der Waals surface area contributed by atoms with Gasteiger partial charge in [0.2, 0.25) is 5.92 Å². The highest BCUT2D eigenvalue weighted by molar-refractivity contribution is 7.87. The van der Waals surface area contributed by atoms with E-state index in [-0.39, 0.29) is 0 Å². The van der Waals surface area contributed by atoms with Crippen LogP contribution in [0.2, 0.25) is 0 Å². The summed E-state index contributed by atoms with van der Waals surface area (Å²) in [6.07, 6.45) is -5.66. The van der Waals surface area contributed by atoms with Crippen molar-refractivity contribution < 1.29 is 39.3 Å². The van der Waals surface area contributed by atoms with Crippen LogP contribution in [0.15, 0.2) is 0 Å².